The Balaban J connectivity index is 1.50. The number of carbonyl (C=O) groups is 1. The van der Waals surface area contributed by atoms with Gasteiger partial charge in [-0.25, -0.2) is 4.39 Å². The molecule has 2 heterocycles. The summed E-state index contributed by atoms with van der Waals surface area (Å²) in [4.78, 5) is 17.2. The van der Waals surface area contributed by atoms with E-state index in [1.54, 1.807) is 0 Å². The summed E-state index contributed by atoms with van der Waals surface area (Å²) in [5.74, 6) is 0.350. The Morgan fingerprint density at radius 2 is 1.75 bits per heavy atom. The van der Waals surface area contributed by atoms with Gasteiger partial charge < -0.3 is 4.90 Å². The van der Waals surface area contributed by atoms with Crippen molar-refractivity contribution in [1.29, 1.82) is 0 Å². The molecular weight excluding hydrogens is 371 g/mol. The minimum atomic E-state index is -0.215. The van der Waals surface area contributed by atoms with Crippen LogP contribution in [0.3, 0.4) is 0 Å². The largest absolute Gasteiger partial charge is 0.342 e. The molecule has 0 radical (unpaired) electrons. The van der Waals surface area contributed by atoms with Crippen LogP contribution in [0, 0.1) is 11.7 Å². The summed E-state index contributed by atoms with van der Waals surface area (Å²) in [5.41, 5.74) is 1.11. The zero-order valence-corrected chi connectivity index (χ0v) is 15.7. The van der Waals surface area contributed by atoms with Crippen LogP contribution in [0.25, 0.3) is 0 Å². The molecule has 2 fully saturated rings. The van der Waals surface area contributed by atoms with Crippen molar-refractivity contribution in [3.05, 3.63) is 34.1 Å². The lowest BCUT2D eigenvalue weighted by Gasteiger charge is -2.34. The number of rotatable bonds is 3. The van der Waals surface area contributed by atoms with Crippen LogP contribution >= 0.6 is 15.9 Å². The van der Waals surface area contributed by atoms with Crippen molar-refractivity contribution in [2.75, 3.05) is 26.2 Å². The molecular formula is C19H26BrFN2O. The molecule has 0 atom stereocenters. The van der Waals surface area contributed by atoms with E-state index in [1.807, 2.05) is 6.07 Å². The van der Waals surface area contributed by atoms with Crippen LogP contribution in [0.2, 0.25) is 0 Å². The predicted molar refractivity (Wildman–Crippen MR) is 97.1 cm³/mol. The summed E-state index contributed by atoms with van der Waals surface area (Å²) in [6.45, 7) is 4.58. The Labute approximate surface area is 152 Å². The van der Waals surface area contributed by atoms with Gasteiger partial charge in [0.15, 0.2) is 0 Å². The third kappa shape index (κ3) is 4.57. The van der Waals surface area contributed by atoms with Gasteiger partial charge in [-0.15, -0.1) is 0 Å². The highest BCUT2D eigenvalue weighted by molar-refractivity contribution is 9.10. The Bertz CT molecular complexity index is 564. The van der Waals surface area contributed by atoms with Crippen molar-refractivity contribution in [3.8, 4) is 0 Å². The summed E-state index contributed by atoms with van der Waals surface area (Å²) in [7, 11) is 0. The number of piperidine rings is 1. The summed E-state index contributed by atoms with van der Waals surface area (Å²) in [6.07, 6.45) is 6.71. The SMILES string of the molecule is O=C(C1CCN(Cc2ccc(F)cc2Br)CC1)N1CCCCCC1. The number of amides is 1. The molecule has 1 aromatic rings. The average molecular weight is 397 g/mol. The first-order valence-corrected chi connectivity index (χ1v) is 9.88. The lowest BCUT2D eigenvalue weighted by molar-refractivity contribution is -0.137. The first-order chi connectivity index (χ1) is 11.6. The second-order valence-electron chi connectivity index (χ2n) is 7.03. The van der Waals surface area contributed by atoms with Crippen LogP contribution in [0.1, 0.15) is 44.1 Å². The first kappa shape index (κ1) is 17.9. The van der Waals surface area contributed by atoms with Crippen molar-refractivity contribution in [3.63, 3.8) is 0 Å². The highest BCUT2D eigenvalue weighted by Crippen LogP contribution is 2.25. The summed E-state index contributed by atoms with van der Waals surface area (Å²) < 4.78 is 14.0. The molecule has 0 unspecified atom stereocenters. The Hall–Kier alpha value is -0.940. The molecule has 1 amide bonds. The van der Waals surface area contributed by atoms with Gasteiger partial charge in [0.1, 0.15) is 5.82 Å². The molecule has 3 rings (SSSR count). The predicted octanol–water partition coefficient (Wildman–Crippen LogP) is 4.20. The fraction of sp³-hybridized carbons (Fsp3) is 0.632. The van der Waals surface area contributed by atoms with Crippen molar-refractivity contribution in [2.24, 2.45) is 5.92 Å². The molecule has 2 aliphatic rings. The molecule has 0 N–H and O–H groups in total. The monoisotopic (exact) mass is 396 g/mol. The molecule has 0 aliphatic carbocycles. The maximum atomic E-state index is 13.2. The number of hydrogen-bond donors (Lipinski definition) is 0. The van der Waals surface area contributed by atoms with Gasteiger partial charge in [0.05, 0.1) is 0 Å². The van der Waals surface area contributed by atoms with E-state index in [1.165, 1.54) is 25.0 Å². The highest BCUT2D eigenvalue weighted by Gasteiger charge is 2.28. The minimum Gasteiger partial charge on any atom is -0.342 e. The zero-order chi connectivity index (χ0) is 16.9. The average Bonchev–Trinajstić information content (AvgIpc) is 2.87. The highest BCUT2D eigenvalue weighted by atomic mass is 79.9. The van der Waals surface area contributed by atoms with Gasteiger partial charge >= 0.3 is 0 Å². The molecule has 2 saturated heterocycles. The van der Waals surface area contributed by atoms with E-state index < -0.39 is 0 Å². The van der Waals surface area contributed by atoms with Crippen LogP contribution in [-0.2, 0) is 11.3 Å². The Morgan fingerprint density at radius 3 is 2.38 bits per heavy atom. The molecule has 0 spiro atoms. The fourth-order valence-corrected chi connectivity index (χ4v) is 4.25. The van der Waals surface area contributed by atoms with Crippen molar-refractivity contribution in [2.45, 2.75) is 45.1 Å². The number of nitrogens with zero attached hydrogens (tertiary/aromatic N) is 2. The maximum Gasteiger partial charge on any atom is 0.225 e. The number of benzene rings is 1. The van der Waals surface area contributed by atoms with Gasteiger partial charge in [0.25, 0.3) is 0 Å². The summed E-state index contributed by atoms with van der Waals surface area (Å²) in [6, 6.07) is 4.87. The molecule has 132 valence electrons. The smallest absolute Gasteiger partial charge is 0.225 e. The van der Waals surface area contributed by atoms with Crippen molar-refractivity contribution in [1.82, 2.24) is 9.80 Å². The van der Waals surface area contributed by atoms with Gasteiger partial charge in [-0.2, -0.15) is 0 Å². The number of carbonyl (C=O) groups excluding carboxylic acids is 1. The molecule has 2 aliphatic heterocycles. The topological polar surface area (TPSA) is 23.6 Å². The van der Waals surface area contributed by atoms with Crippen LogP contribution in [0.4, 0.5) is 4.39 Å². The minimum absolute atomic E-state index is 0.191. The number of halogens is 2. The molecule has 1 aromatic carbocycles. The summed E-state index contributed by atoms with van der Waals surface area (Å²) >= 11 is 3.44. The lowest BCUT2D eigenvalue weighted by Crippen LogP contribution is -2.42. The van der Waals surface area contributed by atoms with Crippen LogP contribution in [-0.4, -0.2) is 41.9 Å². The molecule has 5 heteroatoms. The van der Waals surface area contributed by atoms with E-state index in [0.29, 0.717) is 5.91 Å². The second kappa shape index (κ2) is 8.43. The van der Waals surface area contributed by atoms with Crippen molar-refractivity contribution >= 4 is 21.8 Å². The number of hydrogen-bond acceptors (Lipinski definition) is 2. The maximum absolute atomic E-state index is 13.2. The lowest BCUT2D eigenvalue weighted by atomic mass is 9.94. The van der Waals surface area contributed by atoms with Crippen LogP contribution in [0.5, 0.6) is 0 Å². The van der Waals surface area contributed by atoms with E-state index in [2.05, 4.69) is 25.7 Å². The second-order valence-corrected chi connectivity index (χ2v) is 7.88. The van der Waals surface area contributed by atoms with Crippen molar-refractivity contribution < 1.29 is 9.18 Å². The first-order valence-electron chi connectivity index (χ1n) is 9.08. The van der Waals surface area contributed by atoms with Gasteiger partial charge in [0, 0.05) is 30.0 Å². The van der Waals surface area contributed by atoms with E-state index >= 15 is 0 Å². The standard InChI is InChI=1S/C19H26BrFN2O/c20-18-13-17(21)6-5-16(18)14-22-11-7-15(8-12-22)19(24)23-9-3-1-2-4-10-23/h5-6,13,15H,1-4,7-12,14H2. The van der Waals surface area contributed by atoms with Gasteiger partial charge in [0.2, 0.25) is 5.91 Å². The molecule has 0 saturated carbocycles. The third-order valence-corrected chi connectivity index (χ3v) is 6.00. The van der Waals surface area contributed by atoms with E-state index in [9.17, 15) is 9.18 Å². The normalized spacial score (nSPS) is 20.8. The van der Waals surface area contributed by atoms with E-state index in [4.69, 9.17) is 0 Å². The Kier molecular flexibility index (Phi) is 6.28. The zero-order valence-electron chi connectivity index (χ0n) is 14.1. The van der Waals surface area contributed by atoms with E-state index in [-0.39, 0.29) is 11.7 Å². The summed E-state index contributed by atoms with van der Waals surface area (Å²) in [5, 5.41) is 0. The quantitative estimate of drug-likeness (QED) is 0.763. The number of likely N-dealkylation sites (tertiary alicyclic amines) is 2. The van der Waals surface area contributed by atoms with Gasteiger partial charge in [-0.1, -0.05) is 34.8 Å². The third-order valence-electron chi connectivity index (χ3n) is 5.26. The van der Waals surface area contributed by atoms with Gasteiger partial charge in [-0.05, 0) is 56.5 Å². The molecule has 0 bridgehead atoms. The molecule has 0 aromatic heterocycles. The van der Waals surface area contributed by atoms with Crippen LogP contribution < -0.4 is 0 Å². The Morgan fingerprint density at radius 1 is 1.08 bits per heavy atom. The van der Waals surface area contributed by atoms with Crippen LogP contribution in [0.15, 0.2) is 22.7 Å². The molecule has 3 nitrogen and oxygen atoms in total. The molecule has 24 heavy (non-hydrogen) atoms. The fourth-order valence-electron chi connectivity index (χ4n) is 3.78. The van der Waals surface area contributed by atoms with E-state index in [0.717, 1.165) is 68.4 Å². The van der Waals surface area contributed by atoms with Gasteiger partial charge in [-0.3, -0.25) is 9.69 Å².